The lowest BCUT2D eigenvalue weighted by atomic mass is 10.1. The van der Waals surface area contributed by atoms with Crippen LogP contribution >= 0.6 is 23.2 Å². The molecule has 0 bridgehead atoms. The molecule has 3 rings (SSSR count). The highest BCUT2D eigenvalue weighted by molar-refractivity contribution is 6.42. The fourth-order valence-corrected chi connectivity index (χ4v) is 2.93. The van der Waals surface area contributed by atoms with Crippen LogP contribution in [-0.4, -0.2) is 61.2 Å². The van der Waals surface area contributed by atoms with E-state index in [1.165, 1.54) is 4.90 Å². The van der Waals surface area contributed by atoms with Crippen LogP contribution < -0.4 is 0 Å². The molecule has 1 aromatic carbocycles. The number of morpholine rings is 1. The molecule has 0 radical (unpaired) electrons. The number of hydrogen-bond acceptors (Lipinski definition) is 4. The number of rotatable bonds is 3. The number of halogens is 2. The van der Waals surface area contributed by atoms with E-state index in [9.17, 15) is 9.59 Å². The van der Waals surface area contributed by atoms with Crippen molar-refractivity contribution in [3.63, 3.8) is 0 Å². The molecule has 1 aromatic rings. The van der Waals surface area contributed by atoms with Crippen LogP contribution in [0.15, 0.2) is 18.2 Å². The minimum Gasteiger partial charge on any atom is -0.448 e. The van der Waals surface area contributed by atoms with E-state index in [-0.39, 0.29) is 18.6 Å². The van der Waals surface area contributed by atoms with Crippen LogP contribution in [0.4, 0.5) is 4.79 Å². The van der Waals surface area contributed by atoms with Gasteiger partial charge in [-0.3, -0.25) is 9.69 Å². The van der Waals surface area contributed by atoms with E-state index >= 15 is 0 Å². The maximum atomic E-state index is 12.4. The summed E-state index contributed by atoms with van der Waals surface area (Å²) in [6, 6.07) is 5.30. The zero-order chi connectivity index (χ0) is 16.4. The third kappa shape index (κ3) is 3.71. The van der Waals surface area contributed by atoms with Gasteiger partial charge in [0.15, 0.2) is 0 Å². The molecule has 2 aliphatic heterocycles. The van der Waals surface area contributed by atoms with Crippen molar-refractivity contribution in [2.24, 2.45) is 0 Å². The summed E-state index contributed by atoms with van der Waals surface area (Å²) in [6.45, 7) is 2.17. The van der Waals surface area contributed by atoms with Crippen LogP contribution in [0.3, 0.4) is 0 Å². The molecule has 2 aliphatic rings. The number of nitrogens with zero attached hydrogens (tertiary/aromatic N) is 2. The van der Waals surface area contributed by atoms with Crippen LogP contribution in [0, 0.1) is 0 Å². The summed E-state index contributed by atoms with van der Waals surface area (Å²) >= 11 is 12.0. The molecule has 0 spiro atoms. The summed E-state index contributed by atoms with van der Waals surface area (Å²) in [5.41, 5.74) is 0.873. The molecule has 2 amide bonds. The number of ether oxygens (including phenoxy) is 2. The fraction of sp³-hybridized carbons (Fsp3) is 0.467. The Hall–Kier alpha value is -1.50. The largest absolute Gasteiger partial charge is 0.448 e. The second-order valence-corrected chi connectivity index (χ2v) is 6.22. The van der Waals surface area contributed by atoms with Crippen molar-refractivity contribution in [3.8, 4) is 0 Å². The van der Waals surface area contributed by atoms with Gasteiger partial charge in [0.2, 0.25) is 5.91 Å². The summed E-state index contributed by atoms with van der Waals surface area (Å²) in [7, 11) is 0. The molecule has 124 valence electrons. The van der Waals surface area contributed by atoms with Crippen LogP contribution in [0.5, 0.6) is 0 Å². The number of carbonyl (C=O) groups is 2. The predicted molar refractivity (Wildman–Crippen MR) is 84.7 cm³/mol. The van der Waals surface area contributed by atoms with Crippen molar-refractivity contribution in [2.75, 3.05) is 39.4 Å². The Kier molecular flexibility index (Phi) is 4.94. The third-order valence-corrected chi connectivity index (χ3v) is 4.64. The maximum Gasteiger partial charge on any atom is 0.410 e. The molecule has 0 aromatic heterocycles. The molecular formula is C15H16Cl2N2O4. The Bertz CT molecular complexity index is 625. The van der Waals surface area contributed by atoms with Gasteiger partial charge < -0.3 is 14.4 Å². The van der Waals surface area contributed by atoms with Crippen LogP contribution in [-0.2, 0) is 14.3 Å². The number of carbonyl (C=O) groups excluding carboxylic acids is 2. The standard InChI is InChI=1S/C15H16Cl2N2O4/c16-11-2-1-10(7-12(11)17)13-8-18(3-5-22-13)14(20)9-19-4-6-23-15(19)21/h1-2,7,13H,3-6,8-9H2/t13-/m0/s1. The Morgan fingerprint density at radius 2 is 2.04 bits per heavy atom. The Morgan fingerprint density at radius 3 is 2.74 bits per heavy atom. The van der Waals surface area contributed by atoms with Gasteiger partial charge >= 0.3 is 6.09 Å². The molecule has 2 heterocycles. The van der Waals surface area contributed by atoms with Crippen LogP contribution in [0.2, 0.25) is 10.0 Å². The van der Waals surface area contributed by atoms with Crippen molar-refractivity contribution in [1.29, 1.82) is 0 Å². The molecule has 8 heteroatoms. The zero-order valence-corrected chi connectivity index (χ0v) is 13.8. The van der Waals surface area contributed by atoms with E-state index in [4.69, 9.17) is 32.7 Å². The highest BCUT2D eigenvalue weighted by atomic mass is 35.5. The Balaban J connectivity index is 1.64. The highest BCUT2D eigenvalue weighted by Crippen LogP contribution is 2.29. The molecule has 1 atom stereocenters. The summed E-state index contributed by atoms with van der Waals surface area (Å²) < 4.78 is 10.6. The number of cyclic esters (lactones) is 1. The lowest BCUT2D eigenvalue weighted by molar-refractivity contribution is -0.139. The number of hydrogen-bond donors (Lipinski definition) is 0. The lowest BCUT2D eigenvalue weighted by Crippen LogP contribution is -2.46. The maximum absolute atomic E-state index is 12.4. The SMILES string of the molecule is O=C(CN1CCOC1=O)N1CCO[C@H](c2ccc(Cl)c(Cl)c2)C1. The van der Waals surface area contributed by atoms with E-state index < -0.39 is 6.09 Å². The fourth-order valence-electron chi connectivity index (χ4n) is 2.62. The first-order chi connectivity index (χ1) is 11.0. The van der Waals surface area contributed by atoms with E-state index in [0.29, 0.717) is 42.9 Å². The molecule has 6 nitrogen and oxygen atoms in total. The quantitative estimate of drug-likeness (QED) is 0.831. The molecule has 0 unspecified atom stereocenters. The number of benzene rings is 1. The van der Waals surface area contributed by atoms with Gasteiger partial charge in [-0.25, -0.2) is 4.79 Å². The Labute approximate surface area is 143 Å². The summed E-state index contributed by atoms with van der Waals surface area (Å²) in [5, 5.41) is 0.933. The third-order valence-electron chi connectivity index (χ3n) is 3.91. The molecule has 0 aliphatic carbocycles. The minimum absolute atomic E-state index is 0.0347. The van der Waals surface area contributed by atoms with E-state index in [1.54, 1.807) is 17.0 Å². The van der Waals surface area contributed by atoms with Gasteiger partial charge in [0.25, 0.3) is 0 Å². The van der Waals surface area contributed by atoms with Crippen molar-refractivity contribution in [2.45, 2.75) is 6.10 Å². The van der Waals surface area contributed by atoms with Gasteiger partial charge in [-0.15, -0.1) is 0 Å². The first-order valence-electron chi connectivity index (χ1n) is 7.30. The van der Waals surface area contributed by atoms with Crippen molar-refractivity contribution in [1.82, 2.24) is 9.80 Å². The van der Waals surface area contributed by atoms with Crippen LogP contribution in [0.25, 0.3) is 0 Å². The van der Waals surface area contributed by atoms with E-state index in [1.807, 2.05) is 6.07 Å². The Morgan fingerprint density at radius 1 is 1.22 bits per heavy atom. The van der Waals surface area contributed by atoms with Crippen molar-refractivity contribution >= 4 is 35.2 Å². The topological polar surface area (TPSA) is 59.1 Å². The summed E-state index contributed by atoms with van der Waals surface area (Å²) in [4.78, 5) is 26.9. The second kappa shape index (κ2) is 6.95. The van der Waals surface area contributed by atoms with Gasteiger partial charge in [-0.05, 0) is 17.7 Å². The number of amides is 2. The van der Waals surface area contributed by atoms with Gasteiger partial charge in [-0.2, -0.15) is 0 Å². The molecule has 2 fully saturated rings. The van der Waals surface area contributed by atoms with Gasteiger partial charge in [0.1, 0.15) is 19.3 Å². The van der Waals surface area contributed by atoms with E-state index in [2.05, 4.69) is 0 Å². The minimum atomic E-state index is -0.437. The molecule has 2 saturated heterocycles. The monoisotopic (exact) mass is 358 g/mol. The average molecular weight is 359 g/mol. The molecular weight excluding hydrogens is 343 g/mol. The summed E-state index contributed by atoms with van der Waals surface area (Å²) in [5.74, 6) is -0.114. The smallest absolute Gasteiger partial charge is 0.410 e. The average Bonchev–Trinajstić information content (AvgIpc) is 2.95. The molecule has 23 heavy (non-hydrogen) atoms. The second-order valence-electron chi connectivity index (χ2n) is 5.41. The van der Waals surface area contributed by atoms with Gasteiger partial charge in [0.05, 0.1) is 29.7 Å². The first kappa shape index (κ1) is 16.4. The van der Waals surface area contributed by atoms with Gasteiger partial charge in [-0.1, -0.05) is 29.3 Å². The first-order valence-corrected chi connectivity index (χ1v) is 8.06. The zero-order valence-electron chi connectivity index (χ0n) is 12.3. The summed E-state index contributed by atoms with van der Waals surface area (Å²) in [6.07, 6.45) is -0.694. The van der Waals surface area contributed by atoms with Crippen LogP contribution in [0.1, 0.15) is 11.7 Å². The highest BCUT2D eigenvalue weighted by Gasteiger charge is 2.30. The molecule has 0 saturated carbocycles. The van der Waals surface area contributed by atoms with Gasteiger partial charge in [0, 0.05) is 6.54 Å². The van der Waals surface area contributed by atoms with E-state index in [0.717, 1.165) is 5.56 Å². The lowest BCUT2D eigenvalue weighted by Gasteiger charge is -2.34. The van der Waals surface area contributed by atoms with Crippen molar-refractivity contribution < 1.29 is 19.1 Å². The normalized spacial score (nSPS) is 21.5. The van der Waals surface area contributed by atoms with Crippen molar-refractivity contribution in [3.05, 3.63) is 33.8 Å². The molecule has 0 N–H and O–H groups in total. The predicted octanol–water partition coefficient (Wildman–Crippen LogP) is 2.35.